The average molecular weight is 389 g/mol. The fourth-order valence-electron chi connectivity index (χ4n) is 4.11. The molecule has 0 amide bonds. The molecule has 2 aromatic heterocycles. The summed E-state index contributed by atoms with van der Waals surface area (Å²) in [6, 6.07) is 12.1. The van der Waals surface area contributed by atoms with Gasteiger partial charge in [0.2, 0.25) is 0 Å². The second-order valence-electron chi connectivity index (χ2n) is 7.39. The largest absolute Gasteiger partial charge is 0.424 e. The predicted molar refractivity (Wildman–Crippen MR) is 109 cm³/mol. The first-order valence-electron chi connectivity index (χ1n) is 9.64. The van der Waals surface area contributed by atoms with Crippen molar-refractivity contribution in [3.05, 3.63) is 42.6 Å². The van der Waals surface area contributed by atoms with Crippen molar-refractivity contribution in [1.82, 2.24) is 15.0 Å². The van der Waals surface area contributed by atoms with Gasteiger partial charge in [0.15, 0.2) is 5.58 Å². The summed E-state index contributed by atoms with van der Waals surface area (Å²) in [5.74, 6) is 0.853. The monoisotopic (exact) mass is 389 g/mol. The first-order valence-corrected chi connectivity index (χ1v) is 9.64. The normalized spacial score (nSPS) is 21.7. The van der Waals surface area contributed by atoms with Gasteiger partial charge in [-0.1, -0.05) is 12.1 Å². The molecule has 2 atom stereocenters. The zero-order chi connectivity index (χ0) is 19.4. The molecule has 2 saturated heterocycles. The van der Waals surface area contributed by atoms with Crippen LogP contribution in [-0.4, -0.2) is 53.5 Å². The number of fused-ring (bicyclic) bond motifs is 3. The van der Waals surface area contributed by atoms with Gasteiger partial charge in [0, 0.05) is 13.1 Å². The van der Waals surface area contributed by atoms with Gasteiger partial charge >= 0.3 is 0 Å². The number of nitrogens with two attached hydrogens (primary N) is 1. The molecule has 0 radical (unpaired) electrons. The lowest BCUT2D eigenvalue weighted by molar-refractivity contribution is -0.116. The van der Waals surface area contributed by atoms with Crippen molar-refractivity contribution in [2.75, 3.05) is 36.9 Å². The van der Waals surface area contributed by atoms with Gasteiger partial charge in [-0.3, -0.25) is 4.98 Å². The molecule has 4 aromatic rings. The van der Waals surface area contributed by atoms with Crippen LogP contribution in [0.2, 0.25) is 0 Å². The minimum atomic E-state index is 0.115. The van der Waals surface area contributed by atoms with Crippen molar-refractivity contribution in [2.24, 2.45) is 0 Å². The summed E-state index contributed by atoms with van der Waals surface area (Å²) in [5, 5.41) is 0. The third-order valence-electron chi connectivity index (χ3n) is 5.55. The summed E-state index contributed by atoms with van der Waals surface area (Å²) in [6.07, 6.45) is 2.05. The van der Waals surface area contributed by atoms with Gasteiger partial charge in [-0.25, -0.2) is 4.98 Å². The van der Waals surface area contributed by atoms with Crippen molar-refractivity contribution < 1.29 is 13.9 Å². The highest BCUT2D eigenvalue weighted by molar-refractivity contribution is 5.86. The summed E-state index contributed by atoms with van der Waals surface area (Å²) < 4.78 is 17.0. The molecule has 0 unspecified atom stereocenters. The minimum absolute atomic E-state index is 0.115. The first-order chi connectivity index (χ1) is 14.2. The van der Waals surface area contributed by atoms with E-state index >= 15 is 0 Å². The smallest absolute Gasteiger partial charge is 0.292 e. The molecule has 8 heteroatoms. The number of ether oxygens (including phenoxy) is 2. The zero-order valence-corrected chi connectivity index (χ0v) is 15.6. The van der Waals surface area contributed by atoms with E-state index in [-0.39, 0.29) is 18.2 Å². The van der Waals surface area contributed by atoms with Crippen LogP contribution < -0.4 is 10.6 Å². The Balaban J connectivity index is 1.31. The third-order valence-corrected chi connectivity index (χ3v) is 5.55. The van der Waals surface area contributed by atoms with Crippen molar-refractivity contribution in [1.29, 1.82) is 0 Å². The first kappa shape index (κ1) is 16.7. The molecule has 0 aliphatic carbocycles. The van der Waals surface area contributed by atoms with Crippen molar-refractivity contribution in [3.63, 3.8) is 0 Å². The van der Waals surface area contributed by atoms with E-state index in [1.165, 1.54) is 0 Å². The number of hydrogen-bond donors (Lipinski definition) is 1. The number of oxazole rings is 1. The fraction of sp³-hybridized carbons (Fsp3) is 0.286. The van der Waals surface area contributed by atoms with Gasteiger partial charge in [-0.05, 0) is 35.4 Å². The maximum Gasteiger partial charge on any atom is 0.292 e. The van der Waals surface area contributed by atoms with Gasteiger partial charge in [-0.2, -0.15) is 4.98 Å². The fourth-order valence-corrected chi connectivity index (χ4v) is 4.11. The Morgan fingerprint density at radius 1 is 0.862 bits per heavy atom. The number of anilines is 2. The predicted octanol–water partition coefficient (Wildman–Crippen LogP) is 2.62. The molecule has 2 aliphatic heterocycles. The number of hydrogen-bond acceptors (Lipinski definition) is 8. The highest BCUT2D eigenvalue weighted by Gasteiger charge is 2.37. The summed E-state index contributed by atoms with van der Waals surface area (Å²) in [7, 11) is 0. The standard InChI is InChI=1S/C21H19N5O3/c22-21-25-16-8-13(2-4-17(16)29-21)12-1-3-14-15(7-12)23-9-20(24-14)26-10-18-19(11-26)28-6-5-27-18/h1-4,7-9,18-19H,5-6,10-11H2,(H2,22,25)/t18-,19+. The third kappa shape index (κ3) is 2.88. The Labute approximate surface area is 166 Å². The highest BCUT2D eigenvalue weighted by Crippen LogP contribution is 2.29. The van der Waals surface area contributed by atoms with Gasteiger partial charge in [0.05, 0.1) is 30.4 Å². The molecule has 0 bridgehead atoms. The van der Waals surface area contributed by atoms with Crippen LogP contribution in [0.15, 0.2) is 47.0 Å². The van der Waals surface area contributed by atoms with Crippen molar-refractivity contribution in [2.45, 2.75) is 12.2 Å². The van der Waals surface area contributed by atoms with E-state index in [1.807, 2.05) is 42.6 Å². The lowest BCUT2D eigenvalue weighted by atomic mass is 10.0. The second-order valence-corrected chi connectivity index (χ2v) is 7.39. The van der Waals surface area contributed by atoms with E-state index in [1.54, 1.807) is 0 Å². The van der Waals surface area contributed by atoms with Crippen LogP contribution in [-0.2, 0) is 9.47 Å². The Bertz CT molecular complexity index is 1210. The van der Waals surface area contributed by atoms with Gasteiger partial charge in [0.1, 0.15) is 23.5 Å². The van der Waals surface area contributed by atoms with Crippen LogP contribution in [0, 0.1) is 0 Å². The van der Waals surface area contributed by atoms with Gasteiger partial charge in [-0.15, -0.1) is 0 Å². The van der Waals surface area contributed by atoms with E-state index in [9.17, 15) is 0 Å². The van der Waals surface area contributed by atoms with Gasteiger partial charge < -0.3 is 24.5 Å². The molecule has 0 saturated carbocycles. The summed E-state index contributed by atoms with van der Waals surface area (Å²) in [6.45, 7) is 2.88. The van der Waals surface area contributed by atoms with Crippen LogP contribution in [0.5, 0.6) is 0 Å². The van der Waals surface area contributed by atoms with E-state index in [4.69, 9.17) is 24.6 Å². The Morgan fingerprint density at radius 3 is 2.38 bits per heavy atom. The molecule has 0 spiro atoms. The molecule has 8 nitrogen and oxygen atoms in total. The number of nitrogens with zero attached hydrogens (tertiary/aromatic N) is 4. The molecular weight excluding hydrogens is 370 g/mol. The molecule has 2 aromatic carbocycles. The van der Waals surface area contributed by atoms with Crippen molar-refractivity contribution in [3.8, 4) is 11.1 Å². The van der Waals surface area contributed by atoms with E-state index in [2.05, 4.69) is 14.9 Å². The van der Waals surface area contributed by atoms with E-state index in [0.717, 1.165) is 46.6 Å². The molecule has 2 N–H and O–H groups in total. The average Bonchev–Trinajstić information content (AvgIpc) is 3.34. The summed E-state index contributed by atoms with van der Waals surface area (Å²) >= 11 is 0. The van der Waals surface area contributed by atoms with E-state index in [0.29, 0.717) is 18.8 Å². The number of aromatic nitrogens is 3. The Morgan fingerprint density at radius 2 is 1.59 bits per heavy atom. The van der Waals surface area contributed by atoms with Gasteiger partial charge in [0.25, 0.3) is 6.01 Å². The zero-order valence-electron chi connectivity index (χ0n) is 15.6. The van der Waals surface area contributed by atoms with E-state index < -0.39 is 0 Å². The maximum absolute atomic E-state index is 5.80. The van der Waals surface area contributed by atoms with Crippen molar-refractivity contribution >= 4 is 34.0 Å². The quantitative estimate of drug-likeness (QED) is 0.559. The minimum Gasteiger partial charge on any atom is -0.424 e. The lowest BCUT2D eigenvalue weighted by Crippen LogP contribution is -2.36. The SMILES string of the molecule is Nc1nc2cc(-c3ccc4nc(N5C[C@@H]6OCCO[C@@H]6C5)cnc4c3)ccc2o1. The molecule has 2 fully saturated rings. The molecule has 6 rings (SSSR count). The number of benzene rings is 2. The van der Waals surface area contributed by atoms with Crippen LogP contribution in [0.1, 0.15) is 0 Å². The summed E-state index contributed by atoms with van der Waals surface area (Å²) in [4.78, 5) is 15.9. The second kappa shape index (κ2) is 6.40. The molecule has 2 aliphatic rings. The molecular formula is C21H19N5O3. The lowest BCUT2D eigenvalue weighted by Gasteiger charge is -2.24. The summed E-state index contributed by atoms with van der Waals surface area (Å²) in [5.41, 5.74) is 10.8. The number of nitrogen functional groups attached to an aromatic ring is 1. The molecule has 4 heterocycles. The maximum atomic E-state index is 5.80. The Hall–Kier alpha value is -3.23. The Kier molecular flexibility index (Phi) is 3.68. The van der Waals surface area contributed by atoms with Crippen LogP contribution in [0.4, 0.5) is 11.8 Å². The van der Waals surface area contributed by atoms with Crippen LogP contribution >= 0.6 is 0 Å². The number of rotatable bonds is 2. The highest BCUT2D eigenvalue weighted by atomic mass is 16.6. The molecule has 29 heavy (non-hydrogen) atoms. The van der Waals surface area contributed by atoms with Crippen LogP contribution in [0.25, 0.3) is 33.3 Å². The molecule has 146 valence electrons. The van der Waals surface area contributed by atoms with Crippen LogP contribution in [0.3, 0.4) is 0 Å². The topological polar surface area (TPSA) is 99.5 Å².